The van der Waals surface area contributed by atoms with E-state index in [0.717, 1.165) is 18.4 Å². The van der Waals surface area contributed by atoms with Gasteiger partial charge in [0.15, 0.2) is 12.2 Å². The number of carboxylic acids is 2. The molecule has 0 aliphatic heterocycles. The maximum absolute atomic E-state index is 10.6. The second kappa shape index (κ2) is 16.6. The monoisotopic (exact) mass is 507 g/mol. The van der Waals surface area contributed by atoms with Crippen LogP contribution >= 0.6 is 0 Å². The average molecular weight is 508 g/mol. The van der Waals surface area contributed by atoms with Gasteiger partial charge in [0.2, 0.25) is 0 Å². The number of hydrogen-bond donors (Lipinski definition) is 7. The number of benzene rings is 2. The number of carboxylic acid groups (broad SMARTS) is 2. The maximum Gasteiger partial charge on any atom is 0.335 e. The van der Waals surface area contributed by atoms with Gasteiger partial charge in [-0.2, -0.15) is 0 Å². The highest BCUT2D eigenvalue weighted by Gasteiger charge is 2.29. The van der Waals surface area contributed by atoms with Gasteiger partial charge in [0.1, 0.15) is 18.5 Å². The minimum Gasteiger partial charge on any atom is -0.490 e. The summed E-state index contributed by atoms with van der Waals surface area (Å²) in [6, 6.07) is 18.0. The molecule has 0 aromatic heterocycles. The SMILES string of the molecule is CCC(C)NCC(O)COc1ccccc1C(O)CCc1ccccc1.O=C(O)C(O)C(O)C(=O)O. The molecule has 0 heterocycles. The highest BCUT2D eigenvalue weighted by atomic mass is 16.5. The highest BCUT2D eigenvalue weighted by Crippen LogP contribution is 2.28. The first-order valence-corrected chi connectivity index (χ1v) is 11.7. The molecular weight excluding hydrogens is 470 g/mol. The van der Waals surface area contributed by atoms with Gasteiger partial charge in [-0.25, -0.2) is 9.59 Å². The van der Waals surface area contributed by atoms with E-state index in [0.29, 0.717) is 24.8 Å². The lowest BCUT2D eigenvalue weighted by atomic mass is 10.0. The molecule has 36 heavy (non-hydrogen) atoms. The van der Waals surface area contributed by atoms with E-state index in [1.807, 2.05) is 42.5 Å². The molecule has 0 fully saturated rings. The predicted molar refractivity (Wildman–Crippen MR) is 133 cm³/mol. The third-order valence-electron chi connectivity index (χ3n) is 5.38. The van der Waals surface area contributed by atoms with Crippen molar-refractivity contribution in [3.8, 4) is 5.75 Å². The molecule has 0 saturated heterocycles. The molecule has 0 amide bonds. The summed E-state index contributed by atoms with van der Waals surface area (Å²) >= 11 is 0. The summed E-state index contributed by atoms with van der Waals surface area (Å²) in [5.41, 5.74) is 1.97. The van der Waals surface area contributed by atoms with Crippen LogP contribution in [0.5, 0.6) is 5.75 Å². The van der Waals surface area contributed by atoms with Gasteiger partial charge in [-0.15, -0.1) is 0 Å². The molecule has 2 aromatic rings. The van der Waals surface area contributed by atoms with Crippen LogP contribution in [0.1, 0.15) is 43.9 Å². The van der Waals surface area contributed by atoms with Crippen molar-refractivity contribution in [1.82, 2.24) is 5.32 Å². The van der Waals surface area contributed by atoms with Crippen molar-refractivity contribution < 1.29 is 45.0 Å². The minimum atomic E-state index is -2.27. The summed E-state index contributed by atoms with van der Waals surface area (Å²) in [5, 5.41) is 56.5. The molecule has 5 atom stereocenters. The molecule has 0 saturated carbocycles. The number of para-hydroxylation sites is 1. The van der Waals surface area contributed by atoms with Gasteiger partial charge in [-0.1, -0.05) is 55.5 Å². The van der Waals surface area contributed by atoms with Gasteiger partial charge in [-0.3, -0.25) is 0 Å². The van der Waals surface area contributed by atoms with Crippen LogP contribution in [0.2, 0.25) is 0 Å². The molecule has 2 rings (SSSR count). The first kappa shape index (κ1) is 31.0. The quantitative estimate of drug-likeness (QED) is 0.198. The number of aliphatic hydroxyl groups is 4. The van der Waals surface area contributed by atoms with E-state index in [1.54, 1.807) is 0 Å². The lowest BCUT2D eigenvalue weighted by Crippen LogP contribution is -2.39. The Balaban J connectivity index is 0.000000548. The van der Waals surface area contributed by atoms with Crippen molar-refractivity contribution in [2.45, 2.75) is 63.6 Å². The lowest BCUT2D eigenvalue weighted by molar-refractivity contribution is -0.165. The van der Waals surface area contributed by atoms with Crippen LogP contribution < -0.4 is 10.1 Å². The van der Waals surface area contributed by atoms with Crippen LogP contribution in [0, 0.1) is 0 Å². The molecule has 200 valence electrons. The second-order valence-electron chi connectivity index (χ2n) is 8.33. The maximum atomic E-state index is 10.6. The summed E-state index contributed by atoms with van der Waals surface area (Å²) in [4.78, 5) is 19.5. The van der Waals surface area contributed by atoms with E-state index in [2.05, 4.69) is 31.3 Å². The average Bonchev–Trinajstić information content (AvgIpc) is 2.89. The summed E-state index contributed by atoms with van der Waals surface area (Å²) in [5.74, 6) is -2.90. The number of rotatable bonds is 14. The number of aryl methyl sites for hydroxylation is 1. The van der Waals surface area contributed by atoms with Crippen LogP contribution in [0.25, 0.3) is 0 Å². The third kappa shape index (κ3) is 11.6. The molecule has 10 heteroatoms. The molecule has 0 spiro atoms. The van der Waals surface area contributed by atoms with Gasteiger partial charge in [-0.05, 0) is 37.8 Å². The van der Waals surface area contributed by atoms with E-state index in [-0.39, 0.29) is 6.61 Å². The van der Waals surface area contributed by atoms with E-state index in [4.69, 9.17) is 25.2 Å². The lowest BCUT2D eigenvalue weighted by Gasteiger charge is -2.19. The molecule has 5 unspecified atom stereocenters. The van der Waals surface area contributed by atoms with Gasteiger partial charge in [0.25, 0.3) is 0 Å². The standard InChI is InChI=1S/C22H31NO3.C4H6O6/c1-3-17(2)23-15-19(24)16-26-22-12-8-7-11-20(22)21(25)14-13-18-9-5-4-6-10-18;5-1(3(7)8)2(6)4(9)10/h4-12,17,19,21,23-25H,3,13-16H2,1-2H3;1-2,5-6H,(H,7,8)(H,9,10). The predicted octanol–water partition coefficient (Wildman–Crippen LogP) is 1.36. The largest absolute Gasteiger partial charge is 0.490 e. The Hall–Kier alpha value is -3.02. The number of carbonyl (C=O) groups is 2. The van der Waals surface area contributed by atoms with Crippen molar-refractivity contribution in [2.75, 3.05) is 13.2 Å². The molecular formula is C26H37NO9. The van der Waals surface area contributed by atoms with Crippen LogP contribution in [0.3, 0.4) is 0 Å². The fourth-order valence-electron chi connectivity index (χ4n) is 2.99. The van der Waals surface area contributed by atoms with Crippen molar-refractivity contribution in [2.24, 2.45) is 0 Å². The molecule has 7 N–H and O–H groups in total. The Labute approximate surface area is 210 Å². The van der Waals surface area contributed by atoms with Crippen LogP contribution in [-0.2, 0) is 16.0 Å². The fourth-order valence-corrected chi connectivity index (χ4v) is 2.99. The van der Waals surface area contributed by atoms with E-state index in [9.17, 15) is 19.8 Å². The normalized spacial score (nSPS) is 14.9. The molecule has 2 aromatic carbocycles. The van der Waals surface area contributed by atoms with Crippen molar-refractivity contribution in [1.29, 1.82) is 0 Å². The van der Waals surface area contributed by atoms with Crippen molar-refractivity contribution in [3.63, 3.8) is 0 Å². The minimum absolute atomic E-state index is 0.200. The molecule has 0 aliphatic carbocycles. The second-order valence-corrected chi connectivity index (χ2v) is 8.33. The Kier molecular flexibility index (Phi) is 14.3. The third-order valence-corrected chi connectivity index (χ3v) is 5.38. The highest BCUT2D eigenvalue weighted by molar-refractivity contribution is 5.83. The first-order chi connectivity index (χ1) is 17.1. The number of ether oxygens (including phenoxy) is 1. The zero-order valence-electron chi connectivity index (χ0n) is 20.5. The Morgan fingerprint density at radius 3 is 2.00 bits per heavy atom. The summed E-state index contributed by atoms with van der Waals surface area (Å²) in [6.07, 6.45) is -3.26. The van der Waals surface area contributed by atoms with E-state index in [1.165, 1.54) is 5.56 Å². The number of hydrogen-bond acceptors (Lipinski definition) is 8. The fraction of sp³-hybridized carbons (Fsp3) is 0.462. The van der Waals surface area contributed by atoms with Gasteiger partial charge < -0.3 is 40.7 Å². The van der Waals surface area contributed by atoms with Gasteiger partial charge in [0.05, 0.1) is 6.10 Å². The molecule has 0 radical (unpaired) electrons. The van der Waals surface area contributed by atoms with Crippen molar-refractivity contribution >= 4 is 11.9 Å². The number of aliphatic hydroxyl groups excluding tert-OH is 4. The summed E-state index contributed by atoms with van der Waals surface area (Å²) in [6.45, 7) is 4.89. The zero-order chi connectivity index (χ0) is 27.1. The smallest absolute Gasteiger partial charge is 0.335 e. The number of nitrogens with one attached hydrogen (secondary N) is 1. The van der Waals surface area contributed by atoms with Gasteiger partial charge >= 0.3 is 11.9 Å². The topological polar surface area (TPSA) is 177 Å². The van der Waals surface area contributed by atoms with E-state index >= 15 is 0 Å². The Morgan fingerprint density at radius 1 is 0.889 bits per heavy atom. The molecule has 0 bridgehead atoms. The molecule has 0 aliphatic rings. The Morgan fingerprint density at radius 2 is 1.44 bits per heavy atom. The molecule has 10 nitrogen and oxygen atoms in total. The Bertz CT molecular complexity index is 891. The summed E-state index contributed by atoms with van der Waals surface area (Å²) < 4.78 is 5.79. The summed E-state index contributed by atoms with van der Waals surface area (Å²) in [7, 11) is 0. The first-order valence-electron chi connectivity index (χ1n) is 11.7. The van der Waals surface area contributed by atoms with Crippen LogP contribution in [-0.4, -0.2) is 80.1 Å². The van der Waals surface area contributed by atoms with Crippen LogP contribution in [0.15, 0.2) is 54.6 Å². The van der Waals surface area contributed by atoms with E-state index < -0.39 is 36.4 Å². The van der Waals surface area contributed by atoms with Gasteiger partial charge in [0, 0.05) is 18.2 Å². The van der Waals surface area contributed by atoms with Crippen molar-refractivity contribution in [3.05, 3.63) is 65.7 Å². The zero-order valence-corrected chi connectivity index (χ0v) is 20.5. The number of aliphatic carboxylic acids is 2. The van der Waals surface area contributed by atoms with Crippen LogP contribution in [0.4, 0.5) is 0 Å².